The fraction of sp³-hybridized carbons (Fsp3) is 0.696. The number of hydrogen-bond donors (Lipinski definition) is 0. The largest absolute Gasteiger partial charge is 0.392 e. The van der Waals surface area contributed by atoms with E-state index in [2.05, 4.69) is 33.9 Å². The molecule has 0 bridgehead atoms. The van der Waals surface area contributed by atoms with Crippen molar-refractivity contribution in [1.82, 2.24) is 0 Å². The zero-order valence-corrected chi connectivity index (χ0v) is 20.3. The maximum absolute atomic E-state index is 12.8. The Labute approximate surface area is 181 Å². The fourth-order valence-corrected chi connectivity index (χ4v) is 5.11. The molecule has 1 aromatic carbocycles. The standard InChI is InChI=1S/C23H36O6Si/c1-16(24)18-13-19(29-30(6,7)22(2,3)4)27-21-23(18,14-20(25-5)28-21)26-15-17-11-9-8-10-12-17/h8-12,18-21H,13-15H2,1-7H3/t18-,19+,20-,21+,23-/m0/s1. The Morgan fingerprint density at radius 2 is 1.80 bits per heavy atom. The second kappa shape index (κ2) is 8.80. The molecule has 0 amide bonds. The van der Waals surface area contributed by atoms with E-state index in [1.807, 2.05) is 30.3 Å². The highest BCUT2D eigenvalue weighted by atomic mass is 28.4. The minimum atomic E-state index is -2.09. The minimum absolute atomic E-state index is 0.0338. The molecule has 2 aliphatic rings. The molecule has 7 heteroatoms. The Balaban J connectivity index is 1.86. The van der Waals surface area contributed by atoms with Crippen molar-refractivity contribution in [3.8, 4) is 0 Å². The molecule has 0 unspecified atom stereocenters. The molecule has 2 saturated heterocycles. The summed E-state index contributed by atoms with van der Waals surface area (Å²) in [6.07, 6.45) is -0.818. The SMILES string of the molecule is CO[C@@H]1C[C@@]2(OCc3ccccc3)[C@H](O[C@H](O[Si](C)(C)C(C)(C)C)C[C@H]2C(C)=O)O1. The van der Waals surface area contributed by atoms with Crippen LogP contribution in [0.2, 0.25) is 18.1 Å². The second-order valence-corrected chi connectivity index (χ2v) is 14.7. The topological polar surface area (TPSA) is 63.2 Å². The highest BCUT2D eigenvalue weighted by Gasteiger charge is 2.61. The van der Waals surface area contributed by atoms with Gasteiger partial charge in [-0.15, -0.1) is 0 Å². The van der Waals surface area contributed by atoms with Gasteiger partial charge in [0.15, 0.2) is 27.2 Å². The van der Waals surface area contributed by atoms with Crippen molar-refractivity contribution < 1.29 is 28.2 Å². The summed E-state index contributed by atoms with van der Waals surface area (Å²) in [6, 6.07) is 9.92. The van der Waals surface area contributed by atoms with Crippen LogP contribution in [-0.2, 0) is 34.8 Å². The van der Waals surface area contributed by atoms with Crippen LogP contribution in [0.1, 0.15) is 46.1 Å². The molecule has 2 heterocycles. The monoisotopic (exact) mass is 436 g/mol. The molecule has 1 aromatic rings. The lowest BCUT2D eigenvalue weighted by atomic mass is 9.78. The molecule has 0 radical (unpaired) electrons. The molecule has 0 spiro atoms. The molecular weight excluding hydrogens is 400 g/mol. The van der Waals surface area contributed by atoms with E-state index >= 15 is 0 Å². The molecule has 5 atom stereocenters. The summed E-state index contributed by atoms with van der Waals surface area (Å²) in [7, 11) is -0.489. The number of benzene rings is 1. The third kappa shape index (κ3) is 4.71. The van der Waals surface area contributed by atoms with Gasteiger partial charge in [-0.3, -0.25) is 4.79 Å². The summed E-state index contributed by atoms with van der Waals surface area (Å²) < 4.78 is 30.7. The number of hydrogen-bond acceptors (Lipinski definition) is 6. The van der Waals surface area contributed by atoms with Crippen molar-refractivity contribution in [1.29, 1.82) is 0 Å². The fourth-order valence-electron chi connectivity index (χ4n) is 3.95. The van der Waals surface area contributed by atoms with Gasteiger partial charge in [0.05, 0.1) is 12.5 Å². The third-order valence-electron chi connectivity index (χ3n) is 6.79. The summed E-state index contributed by atoms with van der Waals surface area (Å²) in [5, 5.41) is 0.0338. The first-order chi connectivity index (χ1) is 14.0. The van der Waals surface area contributed by atoms with E-state index < -0.39 is 38.7 Å². The zero-order chi connectivity index (χ0) is 22.2. The van der Waals surface area contributed by atoms with Crippen LogP contribution in [-0.4, -0.2) is 45.7 Å². The summed E-state index contributed by atoms with van der Waals surface area (Å²) in [5.41, 5.74) is 0.142. The first kappa shape index (κ1) is 23.6. The van der Waals surface area contributed by atoms with Gasteiger partial charge in [-0.1, -0.05) is 51.1 Å². The number of fused-ring (bicyclic) bond motifs is 1. The molecule has 2 aliphatic heterocycles. The van der Waals surface area contributed by atoms with Crippen LogP contribution >= 0.6 is 0 Å². The average Bonchev–Trinajstić information content (AvgIpc) is 3.04. The van der Waals surface area contributed by atoms with Gasteiger partial charge in [-0.05, 0) is 30.6 Å². The molecule has 0 saturated carbocycles. The molecular formula is C23H36O6Si. The van der Waals surface area contributed by atoms with Crippen LogP contribution in [0.4, 0.5) is 0 Å². The van der Waals surface area contributed by atoms with Crippen molar-refractivity contribution in [2.45, 2.75) is 89.7 Å². The van der Waals surface area contributed by atoms with Crippen LogP contribution in [0, 0.1) is 5.92 Å². The summed E-state index contributed by atoms with van der Waals surface area (Å²) in [4.78, 5) is 12.8. The predicted octanol–water partition coefficient (Wildman–Crippen LogP) is 4.63. The van der Waals surface area contributed by atoms with E-state index in [1.165, 1.54) is 0 Å². The van der Waals surface area contributed by atoms with Gasteiger partial charge >= 0.3 is 0 Å². The van der Waals surface area contributed by atoms with Gasteiger partial charge in [0.1, 0.15) is 11.4 Å². The Morgan fingerprint density at radius 3 is 2.37 bits per heavy atom. The second-order valence-electron chi connectivity index (χ2n) is 9.91. The van der Waals surface area contributed by atoms with Gasteiger partial charge in [0, 0.05) is 20.0 Å². The van der Waals surface area contributed by atoms with E-state index in [0.717, 1.165) is 5.56 Å². The molecule has 2 fully saturated rings. The molecule has 0 aromatic heterocycles. The van der Waals surface area contributed by atoms with Crippen molar-refractivity contribution in [3.05, 3.63) is 35.9 Å². The molecule has 168 valence electrons. The molecule has 3 rings (SSSR count). The number of ketones is 1. The number of Topliss-reactive ketones (excluding diaryl/α,β-unsaturated/α-hetero) is 1. The van der Waals surface area contributed by atoms with E-state index in [4.69, 9.17) is 23.4 Å². The van der Waals surface area contributed by atoms with E-state index in [-0.39, 0.29) is 10.8 Å². The lowest BCUT2D eigenvalue weighted by Crippen LogP contribution is -2.59. The highest BCUT2D eigenvalue weighted by molar-refractivity contribution is 6.74. The Kier molecular flexibility index (Phi) is 6.92. The zero-order valence-electron chi connectivity index (χ0n) is 19.3. The van der Waals surface area contributed by atoms with E-state index in [0.29, 0.717) is 19.4 Å². The smallest absolute Gasteiger partial charge is 0.195 e. The Hall–Kier alpha value is -1.09. The minimum Gasteiger partial charge on any atom is -0.392 e. The van der Waals surface area contributed by atoms with Gasteiger partial charge in [0.25, 0.3) is 0 Å². The number of carbonyl (C=O) groups excluding carboxylic acids is 1. The predicted molar refractivity (Wildman–Crippen MR) is 116 cm³/mol. The van der Waals surface area contributed by atoms with Crippen molar-refractivity contribution in [2.75, 3.05) is 7.11 Å². The molecule has 0 N–H and O–H groups in total. The normalized spacial score (nSPS) is 32.1. The van der Waals surface area contributed by atoms with Crippen LogP contribution in [0.25, 0.3) is 0 Å². The lowest BCUT2D eigenvalue weighted by molar-refractivity contribution is -0.321. The van der Waals surface area contributed by atoms with Gasteiger partial charge in [0.2, 0.25) is 0 Å². The molecule has 6 nitrogen and oxygen atoms in total. The maximum Gasteiger partial charge on any atom is 0.195 e. The van der Waals surface area contributed by atoms with Crippen molar-refractivity contribution >= 4 is 14.1 Å². The number of ether oxygens (including phenoxy) is 4. The number of carbonyl (C=O) groups is 1. The molecule has 30 heavy (non-hydrogen) atoms. The number of methoxy groups -OCH3 is 1. The Morgan fingerprint density at radius 1 is 1.17 bits per heavy atom. The maximum atomic E-state index is 12.8. The van der Waals surface area contributed by atoms with Gasteiger partial charge in [-0.25, -0.2) is 0 Å². The number of rotatable bonds is 7. The average molecular weight is 437 g/mol. The summed E-state index contributed by atoms with van der Waals surface area (Å²) in [5.74, 6) is -0.338. The van der Waals surface area contributed by atoms with E-state index in [9.17, 15) is 4.79 Å². The Bertz CT molecular complexity index is 731. The van der Waals surface area contributed by atoms with Crippen LogP contribution < -0.4 is 0 Å². The van der Waals surface area contributed by atoms with Crippen LogP contribution in [0.15, 0.2) is 30.3 Å². The lowest BCUT2D eigenvalue weighted by Gasteiger charge is -2.48. The van der Waals surface area contributed by atoms with Gasteiger partial charge < -0.3 is 23.4 Å². The van der Waals surface area contributed by atoms with Gasteiger partial charge in [-0.2, -0.15) is 0 Å². The summed E-state index contributed by atoms with van der Waals surface area (Å²) >= 11 is 0. The summed E-state index contributed by atoms with van der Waals surface area (Å²) in [6.45, 7) is 12.9. The first-order valence-electron chi connectivity index (χ1n) is 10.7. The first-order valence-corrected chi connectivity index (χ1v) is 13.6. The van der Waals surface area contributed by atoms with Crippen molar-refractivity contribution in [2.24, 2.45) is 5.92 Å². The van der Waals surface area contributed by atoms with Crippen LogP contribution in [0.5, 0.6) is 0 Å². The molecule has 0 aliphatic carbocycles. The van der Waals surface area contributed by atoms with E-state index in [1.54, 1.807) is 14.0 Å². The highest BCUT2D eigenvalue weighted by Crippen LogP contribution is 2.49. The third-order valence-corrected chi connectivity index (χ3v) is 11.3. The van der Waals surface area contributed by atoms with Crippen LogP contribution in [0.3, 0.4) is 0 Å². The quantitative estimate of drug-likeness (QED) is 0.581. The van der Waals surface area contributed by atoms with Crippen molar-refractivity contribution in [3.63, 3.8) is 0 Å².